The van der Waals surface area contributed by atoms with Crippen molar-refractivity contribution in [2.45, 2.75) is 19.9 Å². The van der Waals surface area contributed by atoms with E-state index in [9.17, 15) is 0 Å². The van der Waals surface area contributed by atoms with Crippen LogP contribution < -0.4 is 11.0 Å². The van der Waals surface area contributed by atoms with Gasteiger partial charge in [-0.2, -0.15) is 0 Å². The summed E-state index contributed by atoms with van der Waals surface area (Å²) in [7, 11) is 0.961. The first-order valence-corrected chi connectivity index (χ1v) is 5.60. The topological polar surface area (TPSA) is 26.0 Å². The Hall–Kier alpha value is -0.390. The fraction of sp³-hybridized carbons (Fsp3) is 0.400. The van der Waals surface area contributed by atoms with Crippen molar-refractivity contribution in [3.63, 3.8) is 0 Å². The van der Waals surface area contributed by atoms with Crippen LogP contribution in [0, 0.1) is 0 Å². The lowest BCUT2D eigenvalue weighted by Crippen LogP contribution is -1.99. The minimum atomic E-state index is 0.650. The van der Waals surface area contributed by atoms with E-state index in [0.717, 1.165) is 8.58 Å². The van der Waals surface area contributed by atoms with E-state index in [1.165, 1.54) is 23.5 Å². The molecule has 0 aliphatic heterocycles. The molecule has 2 heteroatoms. The van der Waals surface area contributed by atoms with Gasteiger partial charge in [-0.1, -0.05) is 46.2 Å². The molecule has 0 amide bonds. The van der Waals surface area contributed by atoms with Crippen molar-refractivity contribution >= 4 is 13.9 Å². The van der Waals surface area contributed by atoms with Crippen LogP contribution in [0.15, 0.2) is 24.3 Å². The summed E-state index contributed by atoms with van der Waals surface area (Å²) in [5.41, 5.74) is 6.72. The molecule has 1 rings (SSSR count). The van der Waals surface area contributed by atoms with Crippen molar-refractivity contribution in [1.82, 2.24) is 0 Å². The molecule has 2 N–H and O–H groups in total. The van der Waals surface area contributed by atoms with E-state index in [0.29, 0.717) is 6.54 Å². The normalized spacial score (nSPS) is 11.2. The van der Waals surface area contributed by atoms with E-state index in [1.54, 1.807) is 0 Å². The molecule has 1 aromatic rings. The van der Waals surface area contributed by atoms with Gasteiger partial charge in [0.05, 0.1) is 0 Å². The summed E-state index contributed by atoms with van der Waals surface area (Å²) in [5.74, 6) is 0. The van der Waals surface area contributed by atoms with Gasteiger partial charge in [-0.05, 0) is 17.0 Å². The smallest absolute Gasteiger partial charge is 0.0178 e. The van der Waals surface area contributed by atoms with Gasteiger partial charge in [0.15, 0.2) is 0 Å². The maximum Gasteiger partial charge on any atom is 0.0178 e. The van der Waals surface area contributed by atoms with E-state index in [2.05, 4.69) is 31.2 Å². The Kier molecular flexibility index (Phi) is 4.27. The lowest BCUT2D eigenvalue weighted by Gasteiger charge is -2.01. The Balaban J connectivity index is 2.53. The molecule has 1 nitrogen and oxygen atoms in total. The molecule has 0 heterocycles. The van der Waals surface area contributed by atoms with E-state index < -0.39 is 0 Å². The van der Waals surface area contributed by atoms with Crippen LogP contribution in [0.1, 0.15) is 18.9 Å². The maximum absolute atomic E-state index is 5.50. The van der Waals surface area contributed by atoms with Crippen LogP contribution in [0.2, 0.25) is 0 Å². The Bertz CT molecular complexity index is 218. The predicted molar refractivity (Wildman–Crippen MR) is 57.4 cm³/mol. The standard InChI is InChI=1S/C10H16NP/c1-2-7-12-10-5-3-9(8-11)4-6-10/h3-6,12H,2,7-8,11H2,1H3. The zero-order chi connectivity index (χ0) is 8.81. The second-order valence-electron chi connectivity index (χ2n) is 2.83. The highest BCUT2D eigenvalue weighted by atomic mass is 31.1. The first kappa shape index (κ1) is 9.70. The van der Waals surface area contributed by atoms with Gasteiger partial charge < -0.3 is 5.73 Å². The molecule has 0 aliphatic rings. The third kappa shape index (κ3) is 2.92. The van der Waals surface area contributed by atoms with Crippen LogP contribution in [-0.2, 0) is 6.54 Å². The molecule has 0 fully saturated rings. The summed E-state index contributed by atoms with van der Waals surface area (Å²) in [6.45, 7) is 2.87. The zero-order valence-electron chi connectivity index (χ0n) is 7.51. The highest BCUT2D eigenvalue weighted by molar-refractivity contribution is 7.47. The Morgan fingerprint density at radius 2 is 1.92 bits per heavy atom. The molecule has 0 aromatic heterocycles. The van der Waals surface area contributed by atoms with Crippen LogP contribution >= 0.6 is 8.58 Å². The molecule has 0 saturated carbocycles. The largest absolute Gasteiger partial charge is 0.326 e. The molecule has 0 spiro atoms. The van der Waals surface area contributed by atoms with E-state index in [-0.39, 0.29) is 0 Å². The average Bonchev–Trinajstić information content (AvgIpc) is 2.15. The van der Waals surface area contributed by atoms with Crippen LogP contribution in [0.3, 0.4) is 0 Å². The first-order valence-electron chi connectivity index (χ1n) is 4.39. The van der Waals surface area contributed by atoms with Crippen LogP contribution in [0.5, 0.6) is 0 Å². The third-order valence-electron chi connectivity index (χ3n) is 1.77. The highest BCUT2D eigenvalue weighted by Crippen LogP contribution is 2.11. The molecule has 1 atom stereocenters. The molecule has 66 valence electrons. The Morgan fingerprint density at radius 3 is 2.42 bits per heavy atom. The second kappa shape index (κ2) is 5.29. The zero-order valence-corrected chi connectivity index (χ0v) is 8.51. The van der Waals surface area contributed by atoms with Gasteiger partial charge in [0.2, 0.25) is 0 Å². The molecule has 1 aromatic carbocycles. The minimum Gasteiger partial charge on any atom is -0.326 e. The van der Waals surface area contributed by atoms with Crippen molar-refractivity contribution in [2.75, 3.05) is 6.16 Å². The monoisotopic (exact) mass is 181 g/mol. The van der Waals surface area contributed by atoms with Crippen LogP contribution in [0.4, 0.5) is 0 Å². The first-order chi connectivity index (χ1) is 5.86. The fourth-order valence-electron chi connectivity index (χ4n) is 1.03. The molecule has 0 aliphatic carbocycles. The molecule has 0 radical (unpaired) electrons. The number of hydrogen-bond donors (Lipinski definition) is 1. The third-order valence-corrected chi connectivity index (χ3v) is 3.26. The SMILES string of the molecule is CCCPc1ccc(CN)cc1. The van der Waals surface area contributed by atoms with Crippen LogP contribution in [0.25, 0.3) is 0 Å². The summed E-state index contributed by atoms with van der Waals surface area (Å²) >= 11 is 0. The summed E-state index contributed by atoms with van der Waals surface area (Å²) in [6.07, 6.45) is 2.58. The van der Waals surface area contributed by atoms with Gasteiger partial charge >= 0.3 is 0 Å². The van der Waals surface area contributed by atoms with Crippen molar-refractivity contribution in [1.29, 1.82) is 0 Å². The summed E-state index contributed by atoms with van der Waals surface area (Å²) in [4.78, 5) is 0. The quantitative estimate of drug-likeness (QED) is 0.705. The lowest BCUT2D eigenvalue weighted by molar-refractivity contribution is 1.07. The molecule has 1 unspecified atom stereocenters. The van der Waals surface area contributed by atoms with E-state index in [4.69, 9.17) is 5.73 Å². The fourth-order valence-corrected chi connectivity index (χ4v) is 1.97. The van der Waals surface area contributed by atoms with Gasteiger partial charge in [-0.15, -0.1) is 0 Å². The number of rotatable bonds is 4. The molecular formula is C10H16NP. The molecule has 0 saturated heterocycles. The molecule has 12 heavy (non-hydrogen) atoms. The van der Waals surface area contributed by atoms with Crippen molar-refractivity contribution in [3.8, 4) is 0 Å². The Morgan fingerprint density at radius 1 is 1.25 bits per heavy atom. The summed E-state index contributed by atoms with van der Waals surface area (Å²) in [5, 5.41) is 1.45. The highest BCUT2D eigenvalue weighted by Gasteiger charge is 1.91. The Labute approximate surface area is 76.1 Å². The van der Waals surface area contributed by atoms with Gasteiger partial charge in [-0.25, -0.2) is 0 Å². The number of hydrogen-bond acceptors (Lipinski definition) is 1. The number of nitrogens with two attached hydrogens (primary N) is 1. The average molecular weight is 181 g/mol. The van der Waals surface area contributed by atoms with E-state index in [1.807, 2.05) is 0 Å². The second-order valence-corrected chi connectivity index (χ2v) is 4.26. The van der Waals surface area contributed by atoms with Gasteiger partial charge in [0.1, 0.15) is 0 Å². The van der Waals surface area contributed by atoms with Gasteiger partial charge in [-0.3, -0.25) is 0 Å². The molecular weight excluding hydrogens is 165 g/mol. The minimum absolute atomic E-state index is 0.650. The lowest BCUT2D eigenvalue weighted by atomic mass is 10.2. The van der Waals surface area contributed by atoms with Gasteiger partial charge in [0, 0.05) is 6.54 Å². The maximum atomic E-state index is 5.50. The van der Waals surface area contributed by atoms with Crippen molar-refractivity contribution in [2.24, 2.45) is 5.73 Å². The van der Waals surface area contributed by atoms with E-state index >= 15 is 0 Å². The van der Waals surface area contributed by atoms with Crippen molar-refractivity contribution < 1.29 is 0 Å². The van der Waals surface area contributed by atoms with Gasteiger partial charge in [0.25, 0.3) is 0 Å². The summed E-state index contributed by atoms with van der Waals surface area (Å²) in [6, 6.07) is 8.63. The molecule has 0 bridgehead atoms. The van der Waals surface area contributed by atoms with Crippen molar-refractivity contribution in [3.05, 3.63) is 29.8 Å². The van der Waals surface area contributed by atoms with Crippen LogP contribution in [-0.4, -0.2) is 6.16 Å². The predicted octanol–water partition coefficient (Wildman–Crippen LogP) is 1.86. The summed E-state index contributed by atoms with van der Waals surface area (Å²) < 4.78 is 0. The number of benzene rings is 1.